The second-order valence-electron chi connectivity index (χ2n) is 3.82. The smallest absolute Gasteiger partial charge is 0.255 e. The van der Waals surface area contributed by atoms with Crippen molar-refractivity contribution in [1.82, 2.24) is 4.90 Å². The van der Waals surface area contributed by atoms with Crippen LogP contribution in [0.5, 0.6) is 5.75 Å². The molecule has 0 bridgehead atoms. The molecule has 0 aliphatic carbocycles. The van der Waals surface area contributed by atoms with Gasteiger partial charge < -0.3 is 9.64 Å². The van der Waals surface area contributed by atoms with E-state index in [1.807, 2.05) is 23.1 Å². The molecule has 0 aromatic heterocycles. The van der Waals surface area contributed by atoms with Crippen molar-refractivity contribution in [3.8, 4) is 5.75 Å². The summed E-state index contributed by atoms with van der Waals surface area (Å²) in [6.07, 6.45) is 2.21. The number of hydrogen-bond donors (Lipinski definition) is 0. The number of carbonyl (C=O) groups excluding carboxylic acids is 1. The van der Waals surface area contributed by atoms with Gasteiger partial charge in [0.25, 0.3) is 5.91 Å². The van der Waals surface area contributed by atoms with Crippen LogP contribution in [0.4, 0.5) is 0 Å². The van der Waals surface area contributed by atoms with E-state index in [-0.39, 0.29) is 5.91 Å². The van der Waals surface area contributed by atoms with Crippen molar-refractivity contribution in [2.75, 3.05) is 20.2 Å². The van der Waals surface area contributed by atoms with Crippen molar-refractivity contribution in [1.29, 1.82) is 0 Å². The maximum Gasteiger partial charge on any atom is 0.255 e. The minimum atomic E-state index is 0.0864. The second-order valence-corrected chi connectivity index (χ2v) is 4.61. The third-order valence-corrected chi connectivity index (χ3v) is 3.62. The lowest BCUT2D eigenvalue weighted by atomic mass is 10.2. The normalized spacial score (nSPS) is 15.2. The Morgan fingerprint density at radius 3 is 2.69 bits per heavy atom. The molecule has 1 heterocycles. The van der Waals surface area contributed by atoms with Crippen molar-refractivity contribution >= 4 is 21.8 Å². The molecular weight excluding hydrogens is 270 g/mol. The minimum Gasteiger partial charge on any atom is -0.496 e. The Bertz CT molecular complexity index is 400. The molecule has 2 rings (SSSR count). The van der Waals surface area contributed by atoms with Crippen molar-refractivity contribution in [2.45, 2.75) is 12.8 Å². The van der Waals surface area contributed by atoms with E-state index in [4.69, 9.17) is 4.74 Å². The molecule has 1 aromatic carbocycles. The first-order chi connectivity index (χ1) is 7.74. The third-order valence-electron chi connectivity index (χ3n) is 2.81. The van der Waals surface area contributed by atoms with Crippen LogP contribution in [0.3, 0.4) is 0 Å². The second kappa shape index (κ2) is 4.87. The Kier molecular flexibility index (Phi) is 3.49. The summed E-state index contributed by atoms with van der Waals surface area (Å²) in [4.78, 5) is 14.1. The van der Waals surface area contributed by atoms with Gasteiger partial charge in [-0.15, -0.1) is 0 Å². The largest absolute Gasteiger partial charge is 0.496 e. The van der Waals surface area contributed by atoms with E-state index in [0.717, 1.165) is 30.4 Å². The maximum atomic E-state index is 12.2. The Hall–Kier alpha value is -1.03. The van der Waals surface area contributed by atoms with Crippen LogP contribution in [0.15, 0.2) is 22.7 Å². The number of nitrogens with zero attached hydrogens (tertiary/aromatic N) is 1. The van der Waals surface area contributed by atoms with E-state index >= 15 is 0 Å². The lowest BCUT2D eigenvalue weighted by Gasteiger charge is -2.16. The average Bonchev–Trinajstić information content (AvgIpc) is 2.82. The summed E-state index contributed by atoms with van der Waals surface area (Å²) >= 11 is 3.42. The van der Waals surface area contributed by atoms with E-state index in [1.54, 1.807) is 7.11 Å². The number of hydrogen-bond acceptors (Lipinski definition) is 2. The summed E-state index contributed by atoms with van der Waals surface area (Å²) in [5.74, 6) is 0.785. The zero-order valence-corrected chi connectivity index (χ0v) is 10.8. The number of amides is 1. The summed E-state index contributed by atoms with van der Waals surface area (Å²) in [5, 5.41) is 0. The maximum absolute atomic E-state index is 12.2. The summed E-state index contributed by atoms with van der Waals surface area (Å²) in [5.41, 5.74) is 0.682. The van der Waals surface area contributed by atoms with Gasteiger partial charge in [0.2, 0.25) is 0 Å². The van der Waals surface area contributed by atoms with Crippen molar-refractivity contribution < 1.29 is 9.53 Å². The predicted octanol–water partition coefficient (Wildman–Crippen LogP) is 2.69. The van der Waals surface area contributed by atoms with Crippen molar-refractivity contribution in [3.63, 3.8) is 0 Å². The number of ether oxygens (including phenoxy) is 1. The van der Waals surface area contributed by atoms with E-state index in [2.05, 4.69) is 15.9 Å². The van der Waals surface area contributed by atoms with E-state index in [1.165, 1.54) is 0 Å². The zero-order valence-electron chi connectivity index (χ0n) is 9.20. The molecule has 1 saturated heterocycles. The first-order valence-electron chi connectivity index (χ1n) is 5.36. The fourth-order valence-electron chi connectivity index (χ4n) is 1.92. The van der Waals surface area contributed by atoms with Crippen molar-refractivity contribution in [3.05, 3.63) is 28.2 Å². The van der Waals surface area contributed by atoms with Gasteiger partial charge in [0, 0.05) is 13.1 Å². The molecule has 16 heavy (non-hydrogen) atoms. The van der Waals surface area contributed by atoms with Crippen LogP contribution >= 0.6 is 15.9 Å². The lowest BCUT2D eigenvalue weighted by molar-refractivity contribution is 0.0791. The quantitative estimate of drug-likeness (QED) is 0.835. The predicted molar refractivity (Wildman–Crippen MR) is 65.8 cm³/mol. The molecule has 3 nitrogen and oxygen atoms in total. The minimum absolute atomic E-state index is 0.0864. The van der Waals surface area contributed by atoms with E-state index in [0.29, 0.717) is 11.3 Å². The topological polar surface area (TPSA) is 29.5 Å². The van der Waals surface area contributed by atoms with Gasteiger partial charge in [-0.3, -0.25) is 4.79 Å². The molecule has 86 valence electrons. The first-order valence-corrected chi connectivity index (χ1v) is 6.15. The Balaban J connectivity index is 2.29. The fourth-order valence-corrected chi connectivity index (χ4v) is 2.52. The van der Waals surface area contributed by atoms with Crippen LogP contribution in [-0.4, -0.2) is 31.0 Å². The number of likely N-dealkylation sites (tertiary alicyclic amines) is 1. The van der Waals surface area contributed by atoms with Crippen LogP contribution < -0.4 is 4.74 Å². The molecule has 0 spiro atoms. The highest BCUT2D eigenvalue weighted by molar-refractivity contribution is 9.10. The lowest BCUT2D eigenvalue weighted by Crippen LogP contribution is -2.27. The van der Waals surface area contributed by atoms with Gasteiger partial charge in [0.05, 0.1) is 17.1 Å². The van der Waals surface area contributed by atoms with Crippen molar-refractivity contribution in [2.24, 2.45) is 0 Å². The molecule has 0 unspecified atom stereocenters. The fraction of sp³-hybridized carbons (Fsp3) is 0.417. The average molecular weight is 284 g/mol. The van der Waals surface area contributed by atoms with Gasteiger partial charge in [0.1, 0.15) is 5.75 Å². The number of carbonyl (C=O) groups is 1. The number of benzene rings is 1. The molecule has 4 heteroatoms. The van der Waals surface area contributed by atoms with Crippen LogP contribution in [-0.2, 0) is 0 Å². The summed E-state index contributed by atoms with van der Waals surface area (Å²) in [6.45, 7) is 1.73. The van der Waals surface area contributed by atoms with Gasteiger partial charge in [-0.05, 0) is 40.9 Å². The van der Waals surface area contributed by atoms with E-state index in [9.17, 15) is 4.79 Å². The van der Waals surface area contributed by atoms with Gasteiger partial charge in [0.15, 0.2) is 0 Å². The molecule has 1 aliphatic rings. The molecule has 1 aromatic rings. The zero-order chi connectivity index (χ0) is 11.5. The van der Waals surface area contributed by atoms with Gasteiger partial charge >= 0.3 is 0 Å². The van der Waals surface area contributed by atoms with Gasteiger partial charge in [-0.1, -0.05) is 6.07 Å². The Morgan fingerprint density at radius 1 is 1.38 bits per heavy atom. The number of rotatable bonds is 2. The molecule has 0 atom stereocenters. The first kappa shape index (κ1) is 11.5. The highest BCUT2D eigenvalue weighted by Crippen LogP contribution is 2.29. The molecule has 0 N–H and O–H groups in total. The van der Waals surface area contributed by atoms with Gasteiger partial charge in [-0.25, -0.2) is 0 Å². The van der Waals surface area contributed by atoms with Crippen LogP contribution in [0.1, 0.15) is 23.2 Å². The number of halogens is 1. The number of methoxy groups -OCH3 is 1. The highest BCUT2D eigenvalue weighted by Gasteiger charge is 2.22. The molecule has 1 fully saturated rings. The van der Waals surface area contributed by atoms with E-state index < -0.39 is 0 Å². The van der Waals surface area contributed by atoms with Gasteiger partial charge in [-0.2, -0.15) is 0 Å². The highest BCUT2D eigenvalue weighted by atomic mass is 79.9. The molecule has 0 saturated carbocycles. The molecular formula is C12H14BrNO2. The van der Waals surface area contributed by atoms with Crippen LogP contribution in [0.25, 0.3) is 0 Å². The SMILES string of the molecule is COc1cccc(C(=O)N2CCCC2)c1Br. The molecule has 0 radical (unpaired) electrons. The van der Waals surface area contributed by atoms with Crippen LogP contribution in [0, 0.1) is 0 Å². The van der Waals surface area contributed by atoms with Crippen LogP contribution in [0.2, 0.25) is 0 Å². The Morgan fingerprint density at radius 2 is 2.06 bits per heavy atom. The monoisotopic (exact) mass is 283 g/mol. The molecule has 1 aliphatic heterocycles. The third kappa shape index (κ3) is 2.07. The standard InChI is InChI=1S/C12H14BrNO2/c1-16-10-6-4-5-9(11(10)13)12(15)14-7-2-3-8-14/h4-6H,2-3,7-8H2,1H3. The Labute approximate surface area is 104 Å². The summed E-state index contributed by atoms with van der Waals surface area (Å²) in [6, 6.07) is 5.50. The summed E-state index contributed by atoms with van der Waals surface area (Å²) < 4.78 is 5.93. The molecule has 1 amide bonds. The summed E-state index contributed by atoms with van der Waals surface area (Å²) in [7, 11) is 1.60.